The van der Waals surface area contributed by atoms with Crippen molar-refractivity contribution in [1.29, 1.82) is 0 Å². The zero-order valence-electron chi connectivity index (χ0n) is 11.7. The number of hydrogen-bond donors (Lipinski definition) is 1. The van der Waals surface area contributed by atoms with E-state index >= 15 is 0 Å². The smallest absolute Gasteiger partial charge is 0.279 e. The fourth-order valence-corrected chi connectivity index (χ4v) is 1.85. The van der Waals surface area contributed by atoms with E-state index in [0.29, 0.717) is 11.5 Å². The van der Waals surface area contributed by atoms with Gasteiger partial charge in [-0.15, -0.1) is 5.10 Å². The predicted octanol–water partition coefficient (Wildman–Crippen LogP) is 2.36. The quantitative estimate of drug-likeness (QED) is 0.805. The van der Waals surface area contributed by atoms with Gasteiger partial charge in [-0.3, -0.25) is 4.79 Å². The lowest BCUT2D eigenvalue weighted by atomic mass is 10.3. The Morgan fingerprint density at radius 2 is 2.00 bits per heavy atom. The Morgan fingerprint density at radius 3 is 2.73 bits per heavy atom. The molecular formula is C15H12FN5O. The van der Waals surface area contributed by atoms with Gasteiger partial charge in [-0.1, -0.05) is 6.07 Å². The van der Waals surface area contributed by atoms with Gasteiger partial charge in [-0.05, 0) is 42.8 Å². The highest BCUT2D eigenvalue weighted by molar-refractivity contribution is 6.02. The summed E-state index contributed by atoms with van der Waals surface area (Å²) in [5, 5.41) is 10.8. The van der Waals surface area contributed by atoms with Crippen molar-refractivity contribution in [2.75, 3.05) is 5.32 Å². The Bertz CT molecular complexity index is 813. The first kappa shape index (κ1) is 13.9. The minimum Gasteiger partial charge on any atom is -0.305 e. The molecule has 0 aliphatic heterocycles. The molecule has 0 aliphatic rings. The number of aryl methyl sites for hydroxylation is 1. The van der Waals surface area contributed by atoms with Crippen LogP contribution in [0.1, 0.15) is 16.1 Å². The molecule has 1 aromatic carbocycles. The van der Waals surface area contributed by atoms with E-state index in [9.17, 15) is 9.18 Å². The van der Waals surface area contributed by atoms with Crippen LogP contribution in [0.4, 0.5) is 10.2 Å². The van der Waals surface area contributed by atoms with Crippen LogP contribution in [0.3, 0.4) is 0 Å². The number of rotatable bonds is 3. The second-order valence-electron chi connectivity index (χ2n) is 4.62. The SMILES string of the molecule is Cc1cccnc1NC(=O)c1cnn(-c2ccc(F)cc2)n1. The number of halogens is 1. The molecule has 1 N–H and O–H groups in total. The lowest BCUT2D eigenvalue weighted by Crippen LogP contribution is -2.15. The third-order valence-corrected chi connectivity index (χ3v) is 3.02. The number of carbonyl (C=O) groups is 1. The average Bonchev–Trinajstić information content (AvgIpc) is 3.00. The van der Waals surface area contributed by atoms with E-state index in [4.69, 9.17) is 0 Å². The summed E-state index contributed by atoms with van der Waals surface area (Å²) in [7, 11) is 0. The van der Waals surface area contributed by atoms with Crippen LogP contribution in [0, 0.1) is 12.7 Å². The molecule has 0 saturated carbocycles. The van der Waals surface area contributed by atoms with Gasteiger partial charge in [0.05, 0.1) is 11.9 Å². The Balaban J connectivity index is 1.80. The van der Waals surface area contributed by atoms with Crippen molar-refractivity contribution in [1.82, 2.24) is 20.0 Å². The summed E-state index contributed by atoms with van der Waals surface area (Å²) in [6, 6.07) is 9.29. The van der Waals surface area contributed by atoms with E-state index in [1.54, 1.807) is 12.3 Å². The highest BCUT2D eigenvalue weighted by Crippen LogP contribution is 2.11. The van der Waals surface area contributed by atoms with Crippen LogP contribution < -0.4 is 5.32 Å². The molecule has 0 radical (unpaired) electrons. The normalized spacial score (nSPS) is 10.5. The first-order valence-electron chi connectivity index (χ1n) is 6.55. The Hall–Kier alpha value is -3.09. The predicted molar refractivity (Wildman–Crippen MR) is 78.2 cm³/mol. The monoisotopic (exact) mass is 297 g/mol. The van der Waals surface area contributed by atoms with E-state index in [1.807, 2.05) is 13.0 Å². The summed E-state index contributed by atoms with van der Waals surface area (Å²) in [5.74, 6) is -0.279. The Labute approximate surface area is 125 Å². The summed E-state index contributed by atoms with van der Waals surface area (Å²) in [4.78, 5) is 17.5. The summed E-state index contributed by atoms with van der Waals surface area (Å²) in [5.41, 5.74) is 1.56. The zero-order chi connectivity index (χ0) is 15.5. The second-order valence-corrected chi connectivity index (χ2v) is 4.62. The minimum atomic E-state index is -0.407. The largest absolute Gasteiger partial charge is 0.305 e. The molecule has 7 heteroatoms. The number of nitrogens with one attached hydrogen (secondary N) is 1. The van der Waals surface area contributed by atoms with Gasteiger partial charge in [-0.25, -0.2) is 9.37 Å². The maximum Gasteiger partial charge on any atom is 0.279 e. The van der Waals surface area contributed by atoms with E-state index in [2.05, 4.69) is 20.5 Å². The summed E-state index contributed by atoms with van der Waals surface area (Å²) in [6.45, 7) is 1.85. The highest BCUT2D eigenvalue weighted by Gasteiger charge is 2.13. The third-order valence-electron chi connectivity index (χ3n) is 3.02. The minimum absolute atomic E-state index is 0.148. The molecule has 3 rings (SSSR count). The van der Waals surface area contributed by atoms with Gasteiger partial charge in [0.1, 0.15) is 11.6 Å². The number of benzene rings is 1. The Morgan fingerprint density at radius 1 is 1.23 bits per heavy atom. The molecule has 3 aromatic rings. The maximum absolute atomic E-state index is 12.9. The second kappa shape index (κ2) is 5.72. The first-order chi connectivity index (χ1) is 10.6. The molecule has 2 aromatic heterocycles. The molecule has 22 heavy (non-hydrogen) atoms. The molecule has 0 atom stereocenters. The molecule has 0 aliphatic carbocycles. The van der Waals surface area contributed by atoms with Gasteiger partial charge in [0.25, 0.3) is 5.91 Å². The molecule has 0 spiro atoms. The van der Waals surface area contributed by atoms with Crippen LogP contribution in [0.25, 0.3) is 5.69 Å². The van der Waals surface area contributed by atoms with Crippen molar-refractivity contribution >= 4 is 11.7 Å². The van der Waals surface area contributed by atoms with E-state index in [1.165, 1.54) is 35.3 Å². The van der Waals surface area contributed by atoms with Gasteiger partial charge in [0.2, 0.25) is 0 Å². The summed E-state index contributed by atoms with van der Waals surface area (Å²) < 4.78 is 12.9. The number of nitrogens with zero attached hydrogens (tertiary/aromatic N) is 4. The number of hydrogen-bond acceptors (Lipinski definition) is 4. The van der Waals surface area contributed by atoms with Crippen LogP contribution >= 0.6 is 0 Å². The van der Waals surface area contributed by atoms with Crippen LogP contribution in [0.15, 0.2) is 48.8 Å². The maximum atomic E-state index is 12.9. The molecule has 110 valence electrons. The van der Waals surface area contributed by atoms with Crippen molar-refractivity contribution in [2.45, 2.75) is 6.92 Å². The van der Waals surface area contributed by atoms with Gasteiger partial charge in [-0.2, -0.15) is 9.90 Å². The van der Waals surface area contributed by atoms with E-state index < -0.39 is 5.91 Å². The van der Waals surface area contributed by atoms with Crippen molar-refractivity contribution in [3.05, 3.63) is 65.9 Å². The number of pyridine rings is 1. The van der Waals surface area contributed by atoms with E-state index in [-0.39, 0.29) is 11.5 Å². The first-order valence-corrected chi connectivity index (χ1v) is 6.55. The van der Waals surface area contributed by atoms with Crippen molar-refractivity contribution in [3.8, 4) is 5.69 Å². The molecule has 6 nitrogen and oxygen atoms in total. The number of anilines is 1. The molecule has 0 bridgehead atoms. The number of carbonyl (C=O) groups excluding carboxylic acids is 1. The summed E-state index contributed by atoms with van der Waals surface area (Å²) in [6.07, 6.45) is 2.94. The number of amides is 1. The van der Waals surface area contributed by atoms with E-state index in [0.717, 1.165) is 5.56 Å². The molecule has 1 amide bonds. The van der Waals surface area contributed by atoms with Crippen molar-refractivity contribution in [3.63, 3.8) is 0 Å². The van der Waals surface area contributed by atoms with Gasteiger partial charge in [0.15, 0.2) is 5.69 Å². The standard InChI is InChI=1S/C15H12FN5O/c1-10-3-2-8-17-14(10)19-15(22)13-9-18-21(20-13)12-6-4-11(16)5-7-12/h2-9H,1H3,(H,17,19,22). The van der Waals surface area contributed by atoms with Crippen molar-refractivity contribution < 1.29 is 9.18 Å². The summed E-state index contributed by atoms with van der Waals surface area (Å²) >= 11 is 0. The zero-order valence-corrected chi connectivity index (χ0v) is 11.7. The fourth-order valence-electron chi connectivity index (χ4n) is 1.85. The molecule has 0 unspecified atom stereocenters. The van der Waals surface area contributed by atoms with Crippen LogP contribution in [-0.2, 0) is 0 Å². The highest BCUT2D eigenvalue weighted by atomic mass is 19.1. The average molecular weight is 297 g/mol. The van der Waals surface area contributed by atoms with Gasteiger partial charge < -0.3 is 5.32 Å². The lowest BCUT2D eigenvalue weighted by Gasteiger charge is -2.04. The molecule has 0 fully saturated rings. The molecular weight excluding hydrogens is 285 g/mol. The lowest BCUT2D eigenvalue weighted by molar-refractivity contribution is 0.102. The Kier molecular flexibility index (Phi) is 3.61. The number of aromatic nitrogens is 4. The van der Waals surface area contributed by atoms with Crippen LogP contribution in [0.2, 0.25) is 0 Å². The van der Waals surface area contributed by atoms with Gasteiger partial charge >= 0.3 is 0 Å². The topological polar surface area (TPSA) is 72.7 Å². The van der Waals surface area contributed by atoms with Crippen LogP contribution in [0.5, 0.6) is 0 Å². The third kappa shape index (κ3) is 2.83. The molecule has 2 heterocycles. The molecule has 0 saturated heterocycles. The van der Waals surface area contributed by atoms with Crippen molar-refractivity contribution in [2.24, 2.45) is 0 Å². The van der Waals surface area contributed by atoms with Crippen LogP contribution in [-0.4, -0.2) is 25.9 Å². The fraction of sp³-hybridized carbons (Fsp3) is 0.0667. The van der Waals surface area contributed by atoms with Gasteiger partial charge in [0, 0.05) is 6.20 Å².